The van der Waals surface area contributed by atoms with Crippen LogP contribution in [0.4, 0.5) is 0 Å². The lowest BCUT2D eigenvalue weighted by Crippen LogP contribution is -2.56. The molecule has 0 aromatic rings. The maximum Gasteiger partial charge on any atom is 0.0731 e. The number of aliphatic hydroxyl groups excluding tert-OH is 1. The molecule has 4 aliphatic rings. The Hall–Kier alpha value is -0.380. The Morgan fingerprint density at radius 2 is 1.77 bits per heavy atom. The molecule has 4 aliphatic carbocycles. The van der Waals surface area contributed by atoms with Gasteiger partial charge in [-0.15, -0.1) is 0 Å². The topological polar surface area (TPSA) is 60.7 Å². The van der Waals surface area contributed by atoms with E-state index in [0.717, 1.165) is 44.9 Å². The predicted octanol–water partition coefficient (Wildman–Crippen LogP) is 4.20. The molecule has 7 atom stereocenters. The van der Waals surface area contributed by atoms with Crippen LogP contribution < -0.4 is 0 Å². The monoisotopic (exact) mass is 362 g/mol. The average molecular weight is 363 g/mol. The number of fused-ring (bicyclic) bond motifs is 5. The van der Waals surface area contributed by atoms with Crippen LogP contribution in [-0.4, -0.2) is 32.6 Å². The maximum absolute atomic E-state index is 11.6. The van der Waals surface area contributed by atoms with E-state index in [9.17, 15) is 15.3 Å². The molecule has 0 aliphatic heterocycles. The summed E-state index contributed by atoms with van der Waals surface area (Å²) in [5.74, 6) is 1.89. The zero-order chi connectivity index (χ0) is 19.0. The Morgan fingerprint density at radius 3 is 2.46 bits per heavy atom. The Labute approximate surface area is 158 Å². The summed E-state index contributed by atoms with van der Waals surface area (Å²) in [5, 5.41) is 32.1. The standard InChI is InChI=1S/C23H38O3/c1-20(2,25)14-23(26)12-9-19-17-6-5-15-13-16(24)7-10-21(15,3)18(17)8-11-22(19,23)4/h5,16-19,24-26H,6-14H2,1-4H3/t16-,17-,18+,19+,21-,22+,23+/m0/s1. The highest BCUT2D eigenvalue weighted by Gasteiger charge is 2.64. The summed E-state index contributed by atoms with van der Waals surface area (Å²) >= 11 is 0. The molecule has 0 unspecified atom stereocenters. The van der Waals surface area contributed by atoms with E-state index in [0.29, 0.717) is 24.2 Å². The summed E-state index contributed by atoms with van der Waals surface area (Å²) in [6.45, 7) is 8.41. The van der Waals surface area contributed by atoms with Crippen molar-refractivity contribution in [3.63, 3.8) is 0 Å². The van der Waals surface area contributed by atoms with Gasteiger partial charge in [-0.25, -0.2) is 0 Å². The van der Waals surface area contributed by atoms with Crippen LogP contribution in [0.25, 0.3) is 0 Å². The van der Waals surface area contributed by atoms with Gasteiger partial charge in [0.15, 0.2) is 0 Å². The molecule has 0 bridgehead atoms. The van der Waals surface area contributed by atoms with E-state index in [1.807, 2.05) is 13.8 Å². The van der Waals surface area contributed by atoms with Crippen molar-refractivity contribution < 1.29 is 15.3 Å². The van der Waals surface area contributed by atoms with Gasteiger partial charge in [-0.2, -0.15) is 0 Å². The van der Waals surface area contributed by atoms with Crippen LogP contribution in [0, 0.1) is 28.6 Å². The molecule has 3 heteroatoms. The van der Waals surface area contributed by atoms with Crippen LogP contribution in [0.2, 0.25) is 0 Å². The fourth-order valence-corrected chi connectivity index (χ4v) is 7.76. The second-order valence-corrected chi connectivity index (χ2v) is 11.2. The Morgan fingerprint density at radius 1 is 1.08 bits per heavy atom. The first-order chi connectivity index (χ1) is 12.0. The van der Waals surface area contributed by atoms with Gasteiger partial charge in [0.2, 0.25) is 0 Å². The minimum Gasteiger partial charge on any atom is -0.393 e. The first-order valence-electron chi connectivity index (χ1n) is 10.8. The molecule has 0 aromatic heterocycles. The molecule has 0 saturated heterocycles. The fraction of sp³-hybridized carbons (Fsp3) is 0.913. The van der Waals surface area contributed by atoms with Crippen LogP contribution in [0.15, 0.2) is 11.6 Å². The lowest BCUT2D eigenvalue weighted by atomic mass is 9.46. The third kappa shape index (κ3) is 2.64. The van der Waals surface area contributed by atoms with Gasteiger partial charge in [0.05, 0.1) is 17.3 Å². The molecule has 3 fully saturated rings. The number of rotatable bonds is 2. The molecule has 0 radical (unpaired) electrons. The van der Waals surface area contributed by atoms with Crippen molar-refractivity contribution in [3.05, 3.63) is 11.6 Å². The second-order valence-electron chi connectivity index (χ2n) is 11.2. The quantitative estimate of drug-likeness (QED) is 0.645. The molecule has 3 saturated carbocycles. The highest BCUT2D eigenvalue weighted by atomic mass is 16.3. The van der Waals surface area contributed by atoms with Crippen LogP contribution in [-0.2, 0) is 0 Å². The first-order valence-corrected chi connectivity index (χ1v) is 10.8. The van der Waals surface area contributed by atoms with E-state index < -0.39 is 11.2 Å². The van der Waals surface area contributed by atoms with E-state index in [4.69, 9.17) is 0 Å². The van der Waals surface area contributed by atoms with Crippen molar-refractivity contribution in [2.24, 2.45) is 28.6 Å². The first kappa shape index (κ1) is 19.0. The van der Waals surface area contributed by atoms with Gasteiger partial charge in [0.1, 0.15) is 0 Å². The number of hydrogen-bond donors (Lipinski definition) is 3. The second kappa shape index (κ2) is 5.81. The van der Waals surface area contributed by atoms with Crippen molar-refractivity contribution in [2.75, 3.05) is 0 Å². The zero-order valence-electron chi connectivity index (χ0n) is 17.1. The van der Waals surface area contributed by atoms with E-state index in [2.05, 4.69) is 19.9 Å². The summed E-state index contributed by atoms with van der Waals surface area (Å²) < 4.78 is 0. The van der Waals surface area contributed by atoms with Crippen LogP contribution in [0.5, 0.6) is 0 Å². The Bertz CT molecular complexity index is 605. The molecule has 3 nitrogen and oxygen atoms in total. The smallest absolute Gasteiger partial charge is 0.0731 e. The van der Waals surface area contributed by atoms with E-state index in [1.54, 1.807) is 0 Å². The number of allylic oxidation sites excluding steroid dienone is 1. The lowest BCUT2D eigenvalue weighted by molar-refractivity contribution is -0.150. The molecule has 26 heavy (non-hydrogen) atoms. The highest BCUT2D eigenvalue weighted by molar-refractivity contribution is 5.26. The number of aliphatic hydroxyl groups is 3. The third-order valence-electron chi connectivity index (χ3n) is 9.12. The van der Waals surface area contributed by atoms with Crippen molar-refractivity contribution in [3.8, 4) is 0 Å². The molecule has 3 N–H and O–H groups in total. The third-order valence-corrected chi connectivity index (χ3v) is 9.12. The van der Waals surface area contributed by atoms with Gasteiger partial charge in [0, 0.05) is 6.42 Å². The molecular formula is C23H38O3. The van der Waals surface area contributed by atoms with E-state index in [1.165, 1.54) is 12.0 Å². The van der Waals surface area contributed by atoms with Gasteiger partial charge in [-0.05, 0) is 93.8 Å². The molecule has 148 valence electrons. The van der Waals surface area contributed by atoms with Crippen molar-refractivity contribution in [1.82, 2.24) is 0 Å². The van der Waals surface area contributed by atoms with Crippen LogP contribution in [0.1, 0.15) is 85.5 Å². The Kier molecular flexibility index (Phi) is 4.24. The molecule has 4 rings (SSSR count). The summed E-state index contributed by atoms with van der Waals surface area (Å²) in [6.07, 6.45) is 11.0. The fourth-order valence-electron chi connectivity index (χ4n) is 7.76. The number of hydrogen-bond acceptors (Lipinski definition) is 3. The largest absolute Gasteiger partial charge is 0.393 e. The predicted molar refractivity (Wildman–Crippen MR) is 104 cm³/mol. The lowest BCUT2D eigenvalue weighted by Gasteiger charge is -2.59. The molecule has 0 spiro atoms. The summed E-state index contributed by atoms with van der Waals surface area (Å²) in [7, 11) is 0. The molecule has 0 aromatic carbocycles. The maximum atomic E-state index is 11.6. The van der Waals surface area contributed by atoms with Crippen molar-refractivity contribution >= 4 is 0 Å². The summed E-state index contributed by atoms with van der Waals surface area (Å²) in [5.41, 5.74) is 0.110. The van der Waals surface area contributed by atoms with E-state index in [-0.39, 0.29) is 16.9 Å². The summed E-state index contributed by atoms with van der Waals surface area (Å²) in [4.78, 5) is 0. The zero-order valence-corrected chi connectivity index (χ0v) is 17.1. The highest BCUT2D eigenvalue weighted by Crippen LogP contribution is 2.68. The van der Waals surface area contributed by atoms with Gasteiger partial charge in [0.25, 0.3) is 0 Å². The van der Waals surface area contributed by atoms with Crippen molar-refractivity contribution in [1.29, 1.82) is 0 Å². The molecular weight excluding hydrogens is 324 g/mol. The van der Waals surface area contributed by atoms with Gasteiger partial charge < -0.3 is 15.3 Å². The van der Waals surface area contributed by atoms with Crippen LogP contribution in [0.3, 0.4) is 0 Å². The van der Waals surface area contributed by atoms with Crippen molar-refractivity contribution in [2.45, 2.75) is 103 Å². The van der Waals surface area contributed by atoms with Gasteiger partial charge in [-0.1, -0.05) is 25.5 Å². The minimum absolute atomic E-state index is 0.0793. The molecule has 0 heterocycles. The normalized spacial score (nSPS) is 51.3. The summed E-state index contributed by atoms with van der Waals surface area (Å²) in [6, 6.07) is 0. The SMILES string of the molecule is CC(C)(O)C[C@]1(O)CC[C@@H]2[C@H]3CC=C4C[C@@H](O)CC[C@]4(C)[C@@H]3CC[C@]21C. The van der Waals surface area contributed by atoms with Crippen LogP contribution >= 0.6 is 0 Å². The van der Waals surface area contributed by atoms with E-state index >= 15 is 0 Å². The average Bonchev–Trinajstić information content (AvgIpc) is 2.77. The van der Waals surface area contributed by atoms with Gasteiger partial charge >= 0.3 is 0 Å². The van der Waals surface area contributed by atoms with Gasteiger partial charge in [-0.3, -0.25) is 0 Å². The molecule has 0 amide bonds. The Balaban J connectivity index is 1.64. The minimum atomic E-state index is -0.825.